The second kappa shape index (κ2) is 11.4. The van der Waals surface area contributed by atoms with E-state index in [1.165, 1.54) is 86.7 Å². The molecule has 8 aromatic rings. The fourth-order valence-electron chi connectivity index (χ4n) is 9.41. The first kappa shape index (κ1) is 29.0. The predicted molar refractivity (Wildman–Crippen MR) is 213 cm³/mol. The van der Waals surface area contributed by atoms with Gasteiger partial charge in [0.25, 0.3) is 0 Å². The number of anilines is 2. The largest absolute Gasteiger partial charge is 0.456 e. The van der Waals surface area contributed by atoms with Crippen molar-refractivity contribution in [3.05, 3.63) is 162 Å². The first-order chi connectivity index (χ1) is 25.3. The van der Waals surface area contributed by atoms with Crippen LogP contribution in [0.5, 0.6) is 0 Å². The molecule has 1 aliphatic heterocycles. The molecule has 2 atom stereocenters. The molecular formula is C48H38N2O. The topological polar surface area (TPSA) is 21.3 Å². The molecule has 0 saturated heterocycles. The minimum Gasteiger partial charge on any atom is -0.456 e. The van der Waals surface area contributed by atoms with E-state index in [0.717, 1.165) is 40.5 Å². The number of fused-ring (bicyclic) bond motifs is 9. The Hall–Kier alpha value is -5.80. The predicted octanol–water partition coefficient (Wildman–Crippen LogP) is 13.1. The van der Waals surface area contributed by atoms with Gasteiger partial charge in [-0.15, -0.1) is 0 Å². The first-order valence-electron chi connectivity index (χ1n) is 18.6. The van der Waals surface area contributed by atoms with Gasteiger partial charge in [-0.05, 0) is 121 Å². The fourth-order valence-corrected chi connectivity index (χ4v) is 9.41. The van der Waals surface area contributed by atoms with Gasteiger partial charge in [-0.3, -0.25) is 0 Å². The molecule has 51 heavy (non-hydrogen) atoms. The maximum absolute atomic E-state index is 6.17. The SMILES string of the molecule is C1=C(c2ccc(N3c4ccccc4C4=CC(c5ccc6c(c5)c5ccccc5n6-c5ccc6oc7ccccc7c6c5)CCC43)cc2)CCCC1. The summed E-state index contributed by atoms with van der Waals surface area (Å²) in [4.78, 5) is 2.60. The lowest BCUT2D eigenvalue weighted by atomic mass is 9.81. The summed E-state index contributed by atoms with van der Waals surface area (Å²) < 4.78 is 8.60. The van der Waals surface area contributed by atoms with Crippen LogP contribution in [-0.2, 0) is 0 Å². The maximum Gasteiger partial charge on any atom is 0.135 e. The Balaban J connectivity index is 0.981. The molecule has 2 unspecified atom stereocenters. The van der Waals surface area contributed by atoms with Crippen LogP contribution >= 0.6 is 0 Å². The molecule has 0 bridgehead atoms. The number of hydrogen-bond donors (Lipinski definition) is 0. The molecule has 6 aromatic carbocycles. The van der Waals surface area contributed by atoms with Crippen LogP contribution in [0.2, 0.25) is 0 Å². The highest BCUT2D eigenvalue weighted by atomic mass is 16.3. The van der Waals surface area contributed by atoms with Crippen LogP contribution in [0.3, 0.4) is 0 Å². The average molecular weight is 659 g/mol. The normalized spacial score (nSPS) is 18.7. The molecule has 0 fully saturated rings. The third-order valence-electron chi connectivity index (χ3n) is 11.8. The average Bonchev–Trinajstić information content (AvgIpc) is 3.85. The van der Waals surface area contributed by atoms with Gasteiger partial charge < -0.3 is 13.9 Å². The highest BCUT2D eigenvalue weighted by molar-refractivity contribution is 6.11. The van der Waals surface area contributed by atoms with Crippen LogP contribution in [0.25, 0.3) is 60.6 Å². The molecule has 3 heteroatoms. The second-order valence-electron chi connectivity index (χ2n) is 14.6. The van der Waals surface area contributed by atoms with Crippen LogP contribution in [0.4, 0.5) is 11.4 Å². The Morgan fingerprint density at radius 2 is 1.37 bits per heavy atom. The number of para-hydroxylation sites is 3. The minimum absolute atomic E-state index is 0.359. The van der Waals surface area contributed by atoms with Gasteiger partial charge in [0, 0.05) is 50.1 Å². The van der Waals surface area contributed by atoms with Crippen LogP contribution in [0.15, 0.2) is 150 Å². The maximum atomic E-state index is 6.17. The lowest BCUT2D eigenvalue weighted by Crippen LogP contribution is -2.29. The Bertz CT molecular complexity index is 2720. The van der Waals surface area contributed by atoms with Crippen LogP contribution in [-0.4, -0.2) is 10.6 Å². The van der Waals surface area contributed by atoms with E-state index < -0.39 is 0 Å². The monoisotopic (exact) mass is 658 g/mol. The third-order valence-corrected chi connectivity index (χ3v) is 11.8. The quantitative estimate of drug-likeness (QED) is 0.188. The number of furan rings is 1. The van der Waals surface area contributed by atoms with Crippen LogP contribution in [0.1, 0.15) is 61.1 Å². The molecule has 246 valence electrons. The summed E-state index contributed by atoms with van der Waals surface area (Å²) in [6.07, 6.45) is 12.3. The smallest absolute Gasteiger partial charge is 0.135 e. The molecule has 0 N–H and O–H groups in total. The van der Waals surface area contributed by atoms with E-state index in [1.807, 2.05) is 6.07 Å². The van der Waals surface area contributed by atoms with Gasteiger partial charge in [-0.1, -0.05) is 84.9 Å². The van der Waals surface area contributed by atoms with Crippen molar-refractivity contribution in [1.29, 1.82) is 0 Å². The zero-order valence-electron chi connectivity index (χ0n) is 28.6. The van der Waals surface area contributed by atoms with Crippen molar-refractivity contribution in [2.45, 2.75) is 50.5 Å². The molecule has 3 aliphatic rings. The zero-order chi connectivity index (χ0) is 33.5. The Labute approximate surface area is 297 Å². The van der Waals surface area contributed by atoms with Crippen molar-refractivity contribution in [2.75, 3.05) is 4.90 Å². The van der Waals surface area contributed by atoms with E-state index in [-0.39, 0.29) is 0 Å². The summed E-state index contributed by atoms with van der Waals surface area (Å²) in [5, 5.41) is 4.90. The highest BCUT2D eigenvalue weighted by Gasteiger charge is 2.38. The van der Waals surface area contributed by atoms with Crippen molar-refractivity contribution in [3.63, 3.8) is 0 Å². The van der Waals surface area contributed by atoms with E-state index >= 15 is 0 Å². The summed E-state index contributed by atoms with van der Waals surface area (Å²) >= 11 is 0. The lowest BCUT2D eigenvalue weighted by molar-refractivity contribution is 0.609. The fraction of sp³-hybridized carbons (Fsp3) is 0.167. The van der Waals surface area contributed by atoms with Gasteiger partial charge in [-0.25, -0.2) is 0 Å². The van der Waals surface area contributed by atoms with E-state index in [9.17, 15) is 0 Å². The Morgan fingerprint density at radius 3 is 2.27 bits per heavy atom. The van der Waals surface area contributed by atoms with Gasteiger partial charge in [0.15, 0.2) is 0 Å². The van der Waals surface area contributed by atoms with Crippen molar-refractivity contribution < 1.29 is 4.42 Å². The van der Waals surface area contributed by atoms with E-state index in [1.54, 1.807) is 0 Å². The van der Waals surface area contributed by atoms with Gasteiger partial charge in [0.05, 0.1) is 17.1 Å². The van der Waals surface area contributed by atoms with E-state index in [0.29, 0.717) is 12.0 Å². The molecule has 0 radical (unpaired) electrons. The first-order valence-corrected chi connectivity index (χ1v) is 18.6. The van der Waals surface area contributed by atoms with Crippen molar-refractivity contribution >= 4 is 66.3 Å². The number of allylic oxidation sites excluding steroid dienone is 3. The number of rotatable bonds is 4. The molecule has 0 spiro atoms. The van der Waals surface area contributed by atoms with Gasteiger partial charge in [-0.2, -0.15) is 0 Å². The summed E-state index contributed by atoms with van der Waals surface area (Å²) in [5.41, 5.74) is 15.3. The van der Waals surface area contributed by atoms with Crippen LogP contribution < -0.4 is 4.90 Å². The van der Waals surface area contributed by atoms with E-state index in [4.69, 9.17) is 4.42 Å². The van der Waals surface area contributed by atoms with Crippen molar-refractivity contribution in [1.82, 2.24) is 4.57 Å². The zero-order valence-corrected chi connectivity index (χ0v) is 28.6. The lowest BCUT2D eigenvalue weighted by Gasteiger charge is -2.32. The molecular weight excluding hydrogens is 621 g/mol. The van der Waals surface area contributed by atoms with Gasteiger partial charge in [0.1, 0.15) is 11.2 Å². The summed E-state index contributed by atoms with van der Waals surface area (Å²) in [6, 6.07) is 49.8. The van der Waals surface area contributed by atoms with E-state index in [2.05, 4.69) is 149 Å². The van der Waals surface area contributed by atoms with Crippen LogP contribution in [0, 0.1) is 0 Å². The highest BCUT2D eigenvalue weighted by Crippen LogP contribution is 2.51. The molecule has 2 aromatic heterocycles. The standard InChI is InChI=1S/C48H38N2O/c1-2-10-31(11-3-1)32-18-22-35(23-19-32)49-43-15-7-4-12-37(43)40-28-33(20-25-45(40)49)34-21-26-46-41(29-34)38-13-5-8-16-44(38)50(46)36-24-27-48-42(30-36)39-14-6-9-17-47(39)51-48/h4-10,12-19,21-24,26-30,33,45H,1-3,11,20,25H2. The summed E-state index contributed by atoms with van der Waals surface area (Å²) in [7, 11) is 0. The molecule has 3 heterocycles. The van der Waals surface area contributed by atoms with Crippen molar-refractivity contribution in [3.8, 4) is 5.69 Å². The van der Waals surface area contributed by atoms with Gasteiger partial charge in [0.2, 0.25) is 0 Å². The number of aromatic nitrogens is 1. The summed E-state index contributed by atoms with van der Waals surface area (Å²) in [5.74, 6) is 0.366. The molecule has 2 aliphatic carbocycles. The second-order valence-corrected chi connectivity index (χ2v) is 14.6. The van der Waals surface area contributed by atoms with Crippen molar-refractivity contribution in [2.24, 2.45) is 0 Å². The summed E-state index contributed by atoms with van der Waals surface area (Å²) in [6.45, 7) is 0. The molecule has 0 saturated carbocycles. The molecule has 3 nitrogen and oxygen atoms in total. The van der Waals surface area contributed by atoms with Gasteiger partial charge >= 0.3 is 0 Å². The molecule has 11 rings (SSSR count). The third kappa shape index (κ3) is 4.50. The number of hydrogen-bond acceptors (Lipinski definition) is 2. The number of nitrogens with zero attached hydrogens (tertiary/aromatic N) is 2. The number of benzene rings is 6. The molecule has 0 amide bonds. The minimum atomic E-state index is 0.359. The Kier molecular flexibility index (Phi) is 6.46. The Morgan fingerprint density at radius 1 is 0.588 bits per heavy atom.